The van der Waals surface area contributed by atoms with Crippen molar-refractivity contribution < 1.29 is 4.42 Å². The number of allylic oxidation sites excluding steroid dienone is 1. The third-order valence-corrected chi connectivity index (χ3v) is 5.94. The molecule has 0 saturated heterocycles. The van der Waals surface area contributed by atoms with Crippen LogP contribution >= 0.6 is 15.9 Å². The standard InChI is InChI=1S/C26H23BrN2O/c1-16-12-19(4)25-24(13-16)29-26(30-25)21-9-7-17(2)23(15-21)28-11-5-6-20-8-10-22(27)18(3)14-20/h5-15H,1-4H3/b6-5+,28-11?. The van der Waals surface area contributed by atoms with E-state index in [9.17, 15) is 0 Å². The maximum atomic E-state index is 6.06. The summed E-state index contributed by atoms with van der Waals surface area (Å²) in [6, 6.07) is 16.5. The molecule has 0 aliphatic rings. The molecular weight excluding hydrogens is 436 g/mol. The van der Waals surface area contributed by atoms with Gasteiger partial charge in [0.1, 0.15) is 5.52 Å². The van der Waals surface area contributed by atoms with Crippen molar-refractivity contribution in [1.82, 2.24) is 4.98 Å². The first-order chi connectivity index (χ1) is 14.4. The molecule has 0 N–H and O–H groups in total. The van der Waals surface area contributed by atoms with Gasteiger partial charge in [-0.2, -0.15) is 0 Å². The largest absolute Gasteiger partial charge is 0.436 e. The van der Waals surface area contributed by atoms with Crippen LogP contribution in [0.1, 0.15) is 27.8 Å². The van der Waals surface area contributed by atoms with E-state index >= 15 is 0 Å². The van der Waals surface area contributed by atoms with Crippen molar-refractivity contribution in [2.75, 3.05) is 0 Å². The van der Waals surface area contributed by atoms with Crippen LogP contribution in [-0.2, 0) is 0 Å². The number of nitrogens with zero attached hydrogens (tertiary/aromatic N) is 2. The lowest BCUT2D eigenvalue weighted by Crippen LogP contribution is -1.81. The quantitative estimate of drug-likeness (QED) is 0.291. The summed E-state index contributed by atoms with van der Waals surface area (Å²) >= 11 is 3.53. The molecule has 0 aliphatic carbocycles. The zero-order chi connectivity index (χ0) is 21.3. The molecule has 0 atom stereocenters. The smallest absolute Gasteiger partial charge is 0.227 e. The summed E-state index contributed by atoms with van der Waals surface area (Å²) in [4.78, 5) is 9.33. The molecule has 3 aromatic carbocycles. The Kier molecular flexibility index (Phi) is 5.69. The molecule has 0 radical (unpaired) electrons. The molecule has 4 heteroatoms. The maximum absolute atomic E-state index is 6.06. The van der Waals surface area contributed by atoms with E-state index in [0.29, 0.717) is 5.89 Å². The van der Waals surface area contributed by atoms with Gasteiger partial charge in [0.2, 0.25) is 5.89 Å². The first-order valence-electron chi connectivity index (χ1n) is 9.86. The first kappa shape index (κ1) is 20.3. The van der Waals surface area contributed by atoms with Crippen LogP contribution in [0.4, 0.5) is 5.69 Å². The summed E-state index contributed by atoms with van der Waals surface area (Å²) in [7, 11) is 0. The van der Waals surface area contributed by atoms with Crippen LogP contribution in [-0.4, -0.2) is 11.2 Å². The average Bonchev–Trinajstić information content (AvgIpc) is 3.13. The van der Waals surface area contributed by atoms with E-state index in [1.54, 1.807) is 0 Å². The monoisotopic (exact) mass is 458 g/mol. The number of aliphatic imine (C=N–C) groups is 1. The molecule has 0 spiro atoms. The van der Waals surface area contributed by atoms with Gasteiger partial charge in [-0.1, -0.05) is 46.3 Å². The second-order valence-electron chi connectivity index (χ2n) is 7.60. The Morgan fingerprint density at radius 1 is 0.900 bits per heavy atom. The van der Waals surface area contributed by atoms with Crippen molar-refractivity contribution in [1.29, 1.82) is 0 Å². The average molecular weight is 459 g/mol. The highest BCUT2D eigenvalue weighted by Gasteiger charge is 2.12. The number of halogens is 1. The molecular formula is C26H23BrN2O. The lowest BCUT2D eigenvalue weighted by Gasteiger charge is -2.02. The molecule has 4 rings (SSSR count). The number of fused-ring (bicyclic) bond motifs is 1. The number of aryl methyl sites for hydroxylation is 4. The van der Waals surface area contributed by atoms with Crippen molar-refractivity contribution in [3.8, 4) is 11.5 Å². The van der Waals surface area contributed by atoms with E-state index in [-0.39, 0.29) is 0 Å². The SMILES string of the molecule is Cc1cc(C)c2oc(-c3ccc(C)c(N=C/C=C/c4ccc(Br)c(C)c4)c3)nc2c1. The highest BCUT2D eigenvalue weighted by atomic mass is 79.9. The summed E-state index contributed by atoms with van der Waals surface area (Å²) in [6.07, 6.45) is 5.83. The van der Waals surface area contributed by atoms with Crippen molar-refractivity contribution in [2.45, 2.75) is 27.7 Å². The van der Waals surface area contributed by atoms with Gasteiger partial charge in [0.05, 0.1) is 5.69 Å². The molecule has 3 nitrogen and oxygen atoms in total. The molecule has 0 unspecified atom stereocenters. The normalized spacial score (nSPS) is 11.9. The molecule has 4 aromatic rings. The number of aromatic nitrogens is 1. The maximum Gasteiger partial charge on any atom is 0.227 e. The van der Waals surface area contributed by atoms with Gasteiger partial charge in [-0.3, -0.25) is 4.99 Å². The topological polar surface area (TPSA) is 38.4 Å². The zero-order valence-corrected chi connectivity index (χ0v) is 19.1. The Morgan fingerprint density at radius 2 is 1.73 bits per heavy atom. The van der Waals surface area contributed by atoms with Crippen molar-refractivity contribution in [2.24, 2.45) is 4.99 Å². The predicted molar refractivity (Wildman–Crippen MR) is 130 cm³/mol. The summed E-state index contributed by atoms with van der Waals surface area (Å²) < 4.78 is 7.17. The van der Waals surface area contributed by atoms with Gasteiger partial charge < -0.3 is 4.42 Å². The van der Waals surface area contributed by atoms with Crippen LogP contribution < -0.4 is 0 Å². The number of oxazole rings is 1. The predicted octanol–water partition coefficient (Wildman–Crippen LogP) is 7.91. The van der Waals surface area contributed by atoms with Gasteiger partial charge in [0.25, 0.3) is 0 Å². The highest BCUT2D eigenvalue weighted by molar-refractivity contribution is 9.10. The third kappa shape index (κ3) is 4.29. The second kappa shape index (κ2) is 8.41. The lowest BCUT2D eigenvalue weighted by atomic mass is 10.1. The van der Waals surface area contributed by atoms with Crippen molar-refractivity contribution in [3.05, 3.63) is 86.9 Å². The van der Waals surface area contributed by atoms with Crippen molar-refractivity contribution >= 4 is 45.0 Å². The van der Waals surface area contributed by atoms with Crippen molar-refractivity contribution in [3.63, 3.8) is 0 Å². The minimum absolute atomic E-state index is 0.621. The van der Waals surface area contributed by atoms with Crippen LogP contribution in [0, 0.1) is 27.7 Å². The van der Waals surface area contributed by atoms with E-state index in [1.165, 1.54) is 11.1 Å². The molecule has 1 heterocycles. The summed E-state index contributed by atoms with van der Waals surface area (Å²) in [6.45, 7) is 8.26. The lowest BCUT2D eigenvalue weighted by molar-refractivity contribution is 0.617. The molecule has 0 saturated carbocycles. The van der Waals surface area contributed by atoms with Gasteiger partial charge in [-0.25, -0.2) is 4.98 Å². The molecule has 0 bridgehead atoms. The van der Waals surface area contributed by atoms with Gasteiger partial charge in [-0.15, -0.1) is 0 Å². The molecule has 0 fully saturated rings. The highest BCUT2D eigenvalue weighted by Crippen LogP contribution is 2.30. The van der Waals surface area contributed by atoms with Crippen LogP contribution in [0.25, 0.3) is 28.6 Å². The van der Waals surface area contributed by atoms with E-state index in [0.717, 1.165) is 43.5 Å². The Morgan fingerprint density at radius 3 is 2.53 bits per heavy atom. The van der Waals surface area contributed by atoms with E-state index in [4.69, 9.17) is 9.40 Å². The molecule has 1 aromatic heterocycles. The van der Waals surface area contributed by atoms with Gasteiger partial charge in [0.15, 0.2) is 5.58 Å². The number of benzene rings is 3. The van der Waals surface area contributed by atoms with E-state index in [1.807, 2.05) is 30.5 Å². The Balaban J connectivity index is 1.60. The van der Waals surface area contributed by atoms with Crippen LogP contribution in [0.5, 0.6) is 0 Å². The summed E-state index contributed by atoms with van der Waals surface area (Å²) in [5.74, 6) is 0.621. The Bertz CT molecular complexity index is 1300. The number of hydrogen-bond donors (Lipinski definition) is 0. The van der Waals surface area contributed by atoms with Gasteiger partial charge in [0, 0.05) is 16.3 Å². The first-order valence-corrected chi connectivity index (χ1v) is 10.7. The van der Waals surface area contributed by atoms with Crippen LogP contribution in [0.2, 0.25) is 0 Å². The van der Waals surface area contributed by atoms with Crippen LogP contribution in [0.15, 0.2) is 68.5 Å². The Labute approximate surface area is 185 Å². The van der Waals surface area contributed by atoms with Crippen LogP contribution in [0.3, 0.4) is 0 Å². The zero-order valence-electron chi connectivity index (χ0n) is 17.5. The number of rotatable bonds is 4. The molecule has 150 valence electrons. The fraction of sp³-hybridized carbons (Fsp3) is 0.154. The molecule has 0 amide bonds. The van der Waals surface area contributed by atoms with Gasteiger partial charge in [-0.05, 0) is 85.9 Å². The minimum Gasteiger partial charge on any atom is -0.436 e. The van der Waals surface area contributed by atoms with Gasteiger partial charge >= 0.3 is 0 Å². The molecule has 0 aliphatic heterocycles. The molecule has 30 heavy (non-hydrogen) atoms. The minimum atomic E-state index is 0.621. The second-order valence-corrected chi connectivity index (χ2v) is 8.45. The summed E-state index contributed by atoms with van der Waals surface area (Å²) in [5, 5.41) is 0. The number of hydrogen-bond acceptors (Lipinski definition) is 3. The third-order valence-electron chi connectivity index (χ3n) is 5.05. The Hall–Kier alpha value is -2.98. The fourth-order valence-electron chi connectivity index (χ4n) is 3.43. The van der Waals surface area contributed by atoms with E-state index < -0.39 is 0 Å². The van der Waals surface area contributed by atoms with E-state index in [2.05, 4.69) is 85.0 Å². The summed E-state index contributed by atoms with van der Waals surface area (Å²) in [5.41, 5.74) is 9.30. The fourth-order valence-corrected chi connectivity index (χ4v) is 3.68.